The lowest BCUT2D eigenvalue weighted by molar-refractivity contribution is 0.414. The van der Waals surface area contributed by atoms with E-state index in [0.717, 1.165) is 24.2 Å². The van der Waals surface area contributed by atoms with Gasteiger partial charge >= 0.3 is 0 Å². The van der Waals surface area contributed by atoms with Gasteiger partial charge in [0, 0.05) is 12.6 Å². The van der Waals surface area contributed by atoms with Crippen LogP contribution in [0.2, 0.25) is 5.28 Å². The number of benzene rings is 1. The summed E-state index contributed by atoms with van der Waals surface area (Å²) >= 11 is 6.09. The molecule has 3 aromatic rings. The van der Waals surface area contributed by atoms with Crippen LogP contribution in [-0.2, 0) is 6.54 Å². The Labute approximate surface area is 149 Å². The third-order valence-electron chi connectivity index (χ3n) is 4.16. The van der Waals surface area contributed by atoms with Crippen LogP contribution in [0.15, 0.2) is 30.5 Å². The highest BCUT2D eigenvalue weighted by Gasteiger charge is 2.32. The smallest absolute Gasteiger partial charge is 0.240 e. The minimum Gasteiger partial charge on any atom is -0.497 e. The number of nitrogens with zero attached hydrogens (tertiary/aromatic N) is 6. The number of ether oxygens (including phenoxy) is 1. The van der Waals surface area contributed by atoms with Crippen molar-refractivity contribution >= 4 is 23.3 Å². The molecule has 0 atom stereocenters. The molecular formula is C17H15ClN6O. The molecule has 0 radical (unpaired) electrons. The van der Waals surface area contributed by atoms with Gasteiger partial charge in [0.1, 0.15) is 11.8 Å². The van der Waals surface area contributed by atoms with Gasteiger partial charge in [0.25, 0.3) is 0 Å². The van der Waals surface area contributed by atoms with Crippen molar-refractivity contribution in [2.45, 2.75) is 25.4 Å². The van der Waals surface area contributed by atoms with E-state index in [1.165, 1.54) is 0 Å². The van der Waals surface area contributed by atoms with Gasteiger partial charge in [-0.15, -0.1) is 0 Å². The van der Waals surface area contributed by atoms with Crippen molar-refractivity contribution in [2.24, 2.45) is 0 Å². The molecule has 0 aliphatic heterocycles. The number of fused-ring (bicyclic) bond motifs is 1. The van der Waals surface area contributed by atoms with E-state index >= 15 is 0 Å². The van der Waals surface area contributed by atoms with E-state index in [0.29, 0.717) is 24.3 Å². The predicted molar refractivity (Wildman–Crippen MR) is 92.7 cm³/mol. The summed E-state index contributed by atoms with van der Waals surface area (Å²) in [6, 6.07) is 10.4. The molecule has 0 amide bonds. The van der Waals surface area contributed by atoms with E-state index in [4.69, 9.17) is 21.6 Å². The van der Waals surface area contributed by atoms with Crippen molar-refractivity contribution < 1.29 is 4.74 Å². The number of rotatable bonds is 5. The van der Waals surface area contributed by atoms with Crippen LogP contribution >= 0.6 is 11.6 Å². The van der Waals surface area contributed by atoms with Gasteiger partial charge in [-0.25, -0.2) is 0 Å². The second-order valence-electron chi connectivity index (χ2n) is 5.91. The molecule has 0 N–H and O–H groups in total. The Kier molecular flexibility index (Phi) is 3.90. The van der Waals surface area contributed by atoms with E-state index in [1.807, 2.05) is 30.3 Å². The molecule has 126 valence electrons. The van der Waals surface area contributed by atoms with Crippen LogP contribution in [0.1, 0.15) is 24.1 Å². The lowest BCUT2D eigenvalue weighted by Gasteiger charge is -2.24. The monoisotopic (exact) mass is 354 g/mol. The highest BCUT2D eigenvalue weighted by molar-refractivity contribution is 6.28. The molecule has 2 heterocycles. The maximum absolute atomic E-state index is 9.11. The normalized spacial score (nSPS) is 13.6. The molecule has 7 nitrogen and oxygen atoms in total. The standard InChI is InChI=1S/C17H15ClN6O/c1-25-14-6-2-11(3-7-14)9-23(13-4-5-13)17-22-15(18)21-16-20-12(8-19)10-24(16)17/h2-3,6-7,10,13H,4-5,9H2,1H3. The second-order valence-corrected chi connectivity index (χ2v) is 6.25. The third-order valence-corrected chi connectivity index (χ3v) is 4.33. The van der Waals surface area contributed by atoms with Crippen LogP contribution < -0.4 is 9.64 Å². The molecule has 4 rings (SSSR count). The summed E-state index contributed by atoms with van der Waals surface area (Å²) in [7, 11) is 1.65. The van der Waals surface area contributed by atoms with Gasteiger partial charge in [-0.2, -0.15) is 20.2 Å². The lowest BCUT2D eigenvalue weighted by Crippen LogP contribution is -2.28. The van der Waals surface area contributed by atoms with Crippen molar-refractivity contribution in [3.8, 4) is 11.8 Å². The van der Waals surface area contributed by atoms with E-state index in [1.54, 1.807) is 17.7 Å². The predicted octanol–water partition coefficient (Wildman–Crippen LogP) is 2.83. The number of hydrogen-bond acceptors (Lipinski definition) is 6. The molecule has 1 saturated carbocycles. The fourth-order valence-corrected chi connectivity index (χ4v) is 2.93. The van der Waals surface area contributed by atoms with Crippen molar-refractivity contribution in [1.29, 1.82) is 5.26 Å². The number of anilines is 1. The fraction of sp³-hybridized carbons (Fsp3) is 0.294. The highest BCUT2D eigenvalue weighted by atomic mass is 35.5. The number of imidazole rings is 1. The van der Waals surface area contributed by atoms with Gasteiger partial charge in [-0.3, -0.25) is 4.40 Å². The highest BCUT2D eigenvalue weighted by Crippen LogP contribution is 2.33. The Morgan fingerprint density at radius 3 is 2.68 bits per heavy atom. The van der Waals surface area contributed by atoms with Gasteiger partial charge in [0.2, 0.25) is 17.0 Å². The maximum atomic E-state index is 9.11. The Morgan fingerprint density at radius 1 is 1.28 bits per heavy atom. The number of methoxy groups -OCH3 is 1. The van der Waals surface area contributed by atoms with Crippen molar-refractivity contribution in [3.05, 3.63) is 47.0 Å². The molecule has 0 spiro atoms. The first-order valence-electron chi connectivity index (χ1n) is 7.90. The van der Waals surface area contributed by atoms with Crippen LogP contribution in [0.3, 0.4) is 0 Å². The van der Waals surface area contributed by atoms with E-state index in [-0.39, 0.29) is 11.0 Å². The van der Waals surface area contributed by atoms with Crippen LogP contribution in [-0.4, -0.2) is 32.5 Å². The topological polar surface area (TPSA) is 79.3 Å². The molecule has 0 bridgehead atoms. The second kappa shape index (κ2) is 6.22. The SMILES string of the molecule is COc1ccc(CN(c2nc(Cl)nc3nc(C#N)cn23)C2CC2)cc1. The lowest BCUT2D eigenvalue weighted by atomic mass is 10.2. The first kappa shape index (κ1) is 15.7. The molecule has 0 unspecified atom stereocenters. The Balaban J connectivity index is 1.74. The average Bonchev–Trinajstić information content (AvgIpc) is 3.38. The van der Waals surface area contributed by atoms with Crippen molar-refractivity contribution in [2.75, 3.05) is 12.0 Å². The third kappa shape index (κ3) is 3.08. The minimum atomic E-state index is 0.123. The molecule has 1 aliphatic rings. The summed E-state index contributed by atoms with van der Waals surface area (Å²) in [5.74, 6) is 1.86. The first-order valence-corrected chi connectivity index (χ1v) is 8.28. The molecule has 2 aromatic heterocycles. The number of aromatic nitrogens is 4. The van der Waals surface area contributed by atoms with Gasteiger partial charge in [0.15, 0.2) is 5.69 Å². The van der Waals surface area contributed by atoms with Crippen LogP contribution in [0.25, 0.3) is 5.78 Å². The fourth-order valence-electron chi connectivity index (χ4n) is 2.77. The zero-order chi connectivity index (χ0) is 17.4. The number of halogens is 1. The summed E-state index contributed by atoms with van der Waals surface area (Å²) in [5, 5.41) is 9.23. The van der Waals surface area contributed by atoms with Crippen LogP contribution in [0.5, 0.6) is 5.75 Å². The molecule has 1 aromatic carbocycles. The molecule has 8 heteroatoms. The Morgan fingerprint density at radius 2 is 2.04 bits per heavy atom. The summed E-state index contributed by atoms with van der Waals surface area (Å²) in [6.45, 7) is 0.678. The van der Waals surface area contributed by atoms with Crippen LogP contribution in [0.4, 0.5) is 5.95 Å². The summed E-state index contributed by atoms with van der Waals surface area (Å²) in [4.78, 5) is 14.9. The average molecular weight is 355 g/mol. The Bertz CT molecular complexity index is 958. The molecule has 1 aliphatic carbocycles. The molecule has 0 saturated heterocycles. The quantitative estimate of drug-likeness (QED) is 0.701. The Hall–Kier alpha value is -2.85. The first-order chi connectivity index (χ1) is 12.2. The number of nitriles is 1. The van der Waals surface area contributed by atoms with E-state index in [9.17, 15) is 0 Å². The van der Waals surface area contributed by atoms with Gasteiger partial charge in [0.05, 0.1) is 13.3 Å². The van der Waals surface area contributed by atoms with Gasteiger partial charge < -0.3 is 9.64 Å². The summed E-state index contributed by atoms with van der Waals surface area (Å²) < 4.78 is 6.94. The van der Waals surface area contributed by atoms with Gasteiger partial charge in [-0.05, 0) is 42.1 Å². The minimum absolute atomic E-state index is 0.123. The summed E-state index contributed by atoms with van der Waals surface area (Å²) in [6.07, 6.45) is 3.84. The molecule has 25 heavy (non-hydrogen) atoms. The van der Waals surface area contributed by atoms with Crippen LogP contribution in [0, 0.1) is 11.3 Å². The maximum Gasteiger partial charge on any atom is 0.240 e. The van der Waals surface area contributed by atoms with Crippen molar-refractivity contribution in [1.82, 2.24) is 19.4 Å². The molecule has 1 fully saturated rings. The zero-order valence-electron chi connectivity index (χ0n) is 13.6. The van der Waals surface area contributed by atoms with Gasteiger partial charge in [-0.1, -0.05) is 12.1 Å². The zero-order valence-corrected chi connectivity index (χ0v) is 14.3. The van der Waals surface area contributed by atoms with E-state index < -0.39 is 0 Å². The largest absolute Gasteiger partial charge is 0.497 e. The summed E-state index contributed by atoms with van der Waals surface area (Å²) in [5.41, 5.74) is 1.43. The number of hydrogen-bond donors (Lipinski definition) is 0. The van der Waals surface area contributed by atoms with E-state index in [2.05, 4.69) is 19.9 Å². The molecular weight excluding hydrogens is 340 g/mol. The van der Waals surface area contributed by atoms with Crippen molar-refractivity contribution in [3.63, 3.8) is 0 Å².